The van der Waals surface area contributed by atoms with Gasteiger partial charge in [0.05, 0.1) is 24.6 Å². The minimum Gasteiger partial charge on any atom is -0.377 e. The van der Waals surface area contributed by atoms with Crippen LogP contribution in [0.1, 0.15) is 20.8 Å². The highest BCUT2D eigenvalue weighted by atomic mass is 33.1. The Bertz CT molecular complexity index is 616. The number of rotatable bonds is 14. The number of hydrogen-bond acceptors (Lipinski definition) is 8. The highest BCUT2D eigenvalue weighted by Gasteiger charge is 2.37. The van der Waals surface area contributed by atoms with Gasteiger partial charge in [-0.3, -0.25) is 9.59 Å². The van der Waals surface area contributed by atoms with Crippen LogP contribution in [-0.4, -0.2) is 66.8 Å². The van der Waals surface area contributed by atoms with Gasteiger partial charge in [0.15, 0.2) is 0 Å². The Morgan fingerprint density at radius 1 is 1.25 bits per heavy atom. The van der Waals surface area contributed by atoms with Crippen LogP contribution in [0.5, 0.6) is 0 Å². The summed E-state index contributed by atoms with van der Waals surface area (Å²) in [6.45, 7) is 6.48. The number of pyridine rings is 1. The quantitative estimate of drug-likeness (QED) is 0.260. The monoisotopic (exact) mass is 429 g/mol. The smallest absolute Gasteiger partial charge is 0.244 e. The van der Waals surface area contributed by atoms with E-state index in [1.165, 1.54) is 28.5 Å². The zero-order chi connectivity index (χ0) is 20.8. The number of amides is 2. The molecule has 0 aliphatic heterocycles. The molecule has 1 heterocycles. The maximum absolute atomic E-state index is 12.6. The van der Waals surface area contributed by atoms with Crippen molar-refractivity contribution in [1.29, 1.82) is 0 Å². The first-order chi connectivity index (χ1) is 13.4. The van der Waals surface area contributed by atoms with Crippen molar-refractivity contribution in [3.05, 3.63) is 24.4 Å². The standard InChI is InChI=1S/C18H27N3O5S2/c1-14(23)21-16(17(24)20-8-10-25-12-13-26-11-9-22)18(2,3)28-27-15-6-4-5-7-19-15/h4-7,9,16H,8,10-13H2,1-3H3,(H,20,24)(H,21,23). The minimum atomic E-state index is -0.720. The van der Waals surface area contributed by atoms with Gasteiger partial charge in [-0.15, -0.1) is 0 Å². The Balaban J connectivity index is 2.49. The molecule has 0 aliphatic rings. The molecule has 1 aromatic rings. The van der Waals surface area contributed by atoms with Crippen molar-refractivity contribution < 1.29 is 23.9 Å². The van der Waals surface area contributed by atoms with Crippen molar-refractivity contribution in [2.75, 3.05) is 33.0 Å². The lowest BCUT2D eigenvalue weighted by Gasteiger charge is -2.32. The number of hydrogen-bond donors (Lipinski definition) is 2. The normalized spacial score (nSPS) is 12.2. The predicted octanol–water partition coefficient (Wildman–Crippen LogP) is 1.45. The first kappa shape index (κ1) is 24.4. The van der Waals surface area contributed by atoms with Crippen LogP contribution in [0.15, 0.2) is 29.4 Å². The number of carbonyl (C=O) groups is 3. The zero-order valence-electron chi connectivity index (χ0n) is 16.3. The summed E-state index contributed by atoms with van der Waals surface area (Å²) in [5.41, 5.74) is 0. The van der Waals surface area contributed by atoms with E-state index in [0.29, 0.717) is 32.7 Å². The molecule has 1 unspecified atom stereocenters. The summed E-state index contributed by atoms with van der Waals surface area (Å²) in [5, 5.41) is 6.34. The van der Waals surface area contributed by atoms with Gasteiger partial charge in [0, 0.05) is 19.7 Å². The van der Waals surface area contributed by atoms with Crippen LogP contribution in [0, 0.1) is 0 Å². The molecule has 0 spiro atoms. The minimum absolute atomic E-state index is 0.0434. The summed E-state index contributed by atoms with van der Waals surface area (Å²) in [6, 6.07) is 4.90. The summed E-state index contributed by atoms with van der Waals surface area (Å²) in [4.78, 5) is 38.6. The molecule has 0 bridgehead atoms. The lowest BCUT2D eigenvalue weighted by molar-refractivity contribution is -0.128. The highest BCUT2D eigenvalue weighted by molar-refractivity contribution is 8.77. The summed E-state index contributed by atoms with van der Waals surface area (Å²) in [5.74, 6) is -0.560. The van der Waals surface area contributed by atoms with Crippen LogP contribution < -0.4 is 10.6 Å². The van der Waals surface area contributed by atoms with Gasteiger partial charge in [0.25, 0.3) is 0 Å². The fraction of sp³-hybridized carbons (Fsp3) is 0.556. The second-order valence-electron chi connectivity index (χ2n) is 6.22. The van der Waals surface area contributed by atoms with Crippen LogP contribution in [0.3, 0.4) is 0 Å². The first-order valence-corrected chi connectivity index (χ1v) is 10.9. The van der Waals surface area contributed by atoms with E-state index in [9.17, 15) is 14.4 Å². The van der Waals surface area contributed by atoms with Gasteiger partial charge in [-0.1, -0.05) is 16.9 Å². The summed E-state index contributed by atoms with van der Waals surface area (Å²) in [7, 11) is 2.92. The number of carbonyl (C=O) groups excluding carboxylic acids is 3. The zero-order valence-corrected chi connectivity index (χ0v) is 17.9. The highest BCUT2D eigenvalue weighted by Crippen LogP contribution is 2.41. The third-order valence-electron chi connectivity index (χ3n) is 3.39. The summed E-state index contributed by atoms with van der Waals surface area (Å²) in [6.07, 6.45) is 2.38. The van der Waals surface area contributed by atoms with Gasteiger partial charge in [0.1, 0.15) is 24.0 Å². The Morgan fingerprint density at radius 3 is 2.64 bits per heavy atom. The van der Waals surface area contributed by atoms with Crippen molar-refractivity contribution in [2.45, 2.75) is 36.6 Å². The molecule has 0 saturated carbocycles. The summed E-state index contributed by atoms with van der Waals surface area (Å²) < 4.78 is 9.70. The second-order valence-corrected chi connectivity index (χ2v) is 9.02. The van der Waals surface area contributed by atoms with Gasteiger partial charge in [-0.2, -0.15) is 0 Å². The number of ether oxygens (including phenoxy) is 2. The molecule has 0 aliphatic carbocycles. The molecule has 2 amide bonds. The van der Waals surface area contributed by atoms with Crippen molar-refractivity contribution in [3.63, 3.8) is 0 Å². The maximum Gasteiger partial charge on any atom is 0.244 e. The van der Waals surface area contributed by atoms with Crippen LogP contribution in [0.4, 0.5) is 0 Å². The van der Waals surface area contributed by atoms with Crippen molar-refractivity contribution in [1.82, 2.24) is 15.6 Å². The molecule has 0 fully saturated rings. The van der Waals surface area contributed by atoms with E-state index in [2.05, 4.69) is 15.6 Å². The average molecular weight is 430 g/mol. The fourth-order valence-electron chi connectivity index (χ4n) is 2.05. The number of nitrogens with one attached hydrogen (secondary N) is 2. The van der Waals surface area contributed by atoms with E-state index in [0.717, 1.165) is 5.03 Å². The van der Waals surface area contributed by atoms with E-state index in [1.54, 1.807) is 6.20 Å². The number of aromatic nitrogens is 1. The van der Waals surface area contributed by atoms with E-state index in [-0.39, 0.29) is 18.4 Å². The second kappa shape index (κ2) is 13.5. The molecule has 1 aromatic heterocycles. The molecule has 156 valence electrons. The van der Waals surface area contributed by atoms with Gasteiger partial charge in [-0.25, -0.2) is 4.98 Å². The average Bonchev–Trinajstić information content (AvgIpc) is 2.67. The number of aldehydes is 1. The van der Waals surface area contributed by atoms with Crippen molar-refractivity contribution in [3.8, 4) is 0 Å². The molecular formula is C18H27N3O5S2. The lowest BCUT2D eigenvalue weighted by Crippen LogP contribution is -2.56. The van der Waals surface area contributed by atoms with Gasteiger partial charge in [-0.05, 0) is 36.8 Å². The molecule has 0 saturated heterocycles. The molecule has 8 nitrogen and oxygen atoms in total. The number of nitrogens with zero attached hydrogens (tertiary/aromatic N) is 1. The largest absolute Gasteiger partial charge is 0.377 e. The Morgan fingerprint density at radius 2 is 2.00 bits per heavy atom. The van der Waals surface area contributed by atoms with Crippen LogP contribution in [0.25, 0.3) is 0 Å². The van der Waals surface area contributed by atoms with Crippen LogP contribution in [0.2, 0.25) is 0 Å². The van der Waals surface area contributed by atoms with E-state index >= 15 is 0 Å². The molecular weight excluding hydrogens is 402 g/mol. The predicted molar refractivity (Wildman–Crippen MR) is 110 cm³/mol. The summed E-state index contributed by atoms with van der Waals surface area (Å²) >= 11 is 0. The van der Waals surface area contributed by atoms with E-state index in [4.69, 9.17) is 9.47 Å². The molecule has 1 atom stereocenters. The molecule has 10 heteroatoms. The van der Waals surface area contributed by atoms with E-state index in [1.807, 2.05) is 32.0 Å². The topological polar surface area (TPSA) is 107 Å². The third-order valence-corrected chi connectivity index (χ3v) is 6.60. The van der Waals surface area contributed by atoms with Gasteiger partial charge < -0.3 is 24.9 Å². The molecule has 28 heavy (non-hydrogen) atoms. The fourth-order valence-corrected chi connectivity index (χ4v) is 4.34. The third kappa shape index (κ3) is 10.1. The van der Waals surface area contributed by atoms with Crippen LogP contribution in [-0.2, 0) is 23.9 Å². The SMILES string of the molecule is CC(=O)NC(C(=O)NCCOCCOCC=O)C(C)(C)SSc1ccccn1. The van der Waals surface area contributed by atoms with Gasteiger partial charge in [0.2, 0.25) is 11.8 Å². The van der Waals surface area contributed by atoms with Crippen LogP contribution >= 0.6 is 21.6 Å². The van der Waals surface area contributed by atoms with Crippen molar-refractivity contribution >= 4 is 39.7 Å². The van der Waals surface area contributed by atoms with E-state index < -0.39 is 10.8 Å². The molecule has 2 N–H and O–H groups in total. The Kier molecular flexibility index (Phi) is 11.8. The molecule has 0 aromatic carbocycles. The molecule has 1 rings (SSSR count). The lowest BCUT2D eigenvalue weighted by atomic mass is 10.0. The maximum atomic E-state index is 12.6. The Hall–Kier alpha value is -1.62. The van der Waals surface area contributed by atoms with Gasteiger partial charge >= 0.3 is 0 Å². The first-order valence-electron chi connectivity index (χ1n) is 8.77. The molecule has 0 radical (unpaired) electrons. The Labute approximate surface area is 173 Å². The van der Waals surface area contributed by atoms with Crippen molar-refractivity contribution in [2.24, 2.45) is 0 Å².